The lowest BCUT2D eigenvalue weighted by Crippen LogP contribution is -2.23. The third kappa shape index (κ3) is 3.30. The van der Waals surface area contributed by atoms with Crippen LogP contribution in [-0.2, 0) is 0 Å². The van der Waals surface area contributed by atoms with Crippen LogP contribution in [0.25, 0.3) is 0 Å². The predicted octanol–water partition coefficient (Wildman–Crippen LogP) is 3.03. The van der Waals surface area contributed by atoms with E-state index in [1.165, 1.54) is 5.56 Å². The van der Waals surface area contributed by atoms with Gasteiger partial charge in [-0.1, -0.05) is 18.2 Å². The highest BCUT2D eigenvalue weighted by molar-refractivity contribution is 9.10. The Labute approximate surface area is 121 Å². The topological polar surface area (TPSA) is 55.0 Å². The van der Waals surface area contributed by atoms with E-state index in [2.05, 4.69) is 49.9 Å². The van der Waals surface area contributed by atoms with Gasteiger partial charge in [0.25, 0.3) is 0 Å². The number of rotatable bonds is 5. The van der Waals surface area contributed by atoms with Crippen molar-refractivity contribution in [3.8, 4) is 0 Å². The lowest BCUT2D eigenvalue weighted by molar-refractivity contribution is 0.805. The van der Waals surface area contributed by atoms with Crippen LogP contribution < -0.4 is 10.6 Å². The predicted molar refractivity (Wildman–Crippen MR) is 81.6 cm³/mol. The standard InChI is InChI=1S/C14H17BrN4/c1-11-5-2-3-6-13(11)19(8-4-7-16)14-12(15)9-17-10-18-14/h2-3,5-6,9-10H,4,7-8,16H2,1H3. The molecule has 19 heavy (non-hydrogen) atoms. The van der Waals surface area contributed by atoms with Crippen LogP contribution in [0.4, 0.5) is 11.5 Å². The summed E-state index contributed by atoms with van der Waals surface area (Å²) < 4.78 is 0.885. The summed E-state index contributed by atoms with van der Waals surface area (Å²) in [4.78, 5) is 10.6. The van der Waals surface area contributed by atoms with Crippen molar-refractivity contribution >= 4 is 27.4 Å². The zero-order valence-corrected chi connectivity index (χ0v) is 12.5. The third-order valence-corrected chi connectivity index (χ3v) is 3.46. The fourth-order valence-corrected chi connectivity index (χ4v) is 2.40. The Morgan fingerprint density at radius 3 is 2.79 bits per heavy atom. The number of anilines is 2. The third-order valence-electron chi connectivity index (χ3n) is 2.90. The summed E-state index contributed by atoms with van der Waals surface area (Å²) >= 11 is 3.51. The molecule has 1 aromatic heterocycles. The first-order chi connectivity index (χ1) is 9.24. The molecule has 2 N–H and O–H groups in total. The second kappa shape index (κ2) is 6.63. The first kappa shape index (κ1) is 14.0. The molecule has 100 valence electrons. The van der Waals surface area contributed by atoms with Crippen LogP contribution >= 0.6 is 15.9 Å². The van der Waals surface area contributed by atoms with Crippen molar-refractivity contribution in [2.45, 2.75) is 13.3 Å². The molecule has 1 heterocycles. The van der Waals surface area contributed by atoms with E-state index in [1.807, 2.05) is 12.1 Å². The number of hydrogen-bond donors (Lipinski definition) is 1. The molecule has 2 rings (SSSR count). The highest BCUT2D eigenvalue weighted by Gasteiger charge is 2.15. The van der Waals surface area contributed by atoms with Crippen LogP contribution in [0.15, 0.2) is 41.3 Å². The Balaban J connectivity index is 2.42. The van der Waals surface area contributed by atoms with Gasteiger partial charge in [-0.25, -0.2) is 9.97 Å². The number of benzene rings is 1. The Morgan fingerprint density at radius 2 is 2.11 bits per heavy atom. The largest absolute Gasteiger partial charge is 0.330 e. The van der Waals surface area contributed by atoms with Crippen LogP contribution in [0.3, 0.4) is 0 Å². The van der Waals surface area contributed by atoms with Gasteiger partial charge in [0.2, 0.25) is 0 Å². The van der Waals surface area contributed by atoms with Crippen LogP contribution in [0.1, 0.15) is 12.0 Å². The van der Waals surface area contributed by atoms with Crippen molar-refractivity contribution in [2.24, 2.45) is 5.73 Å². The Hall–Kier alpha value is -1.46. The quantitative estimate of drug-likeness (QED) is 0.920. The summed E-state index contributed by atoms with van der Waals surface area (Å²) in [7, 11) is 0. The zero-order chi connectivity index (χ0) is 13.7. The monoisotopic (exact) mass is 320 g/mol. The van der Waals surface area contributed by atoms with Crippen LogP contribution in [0.5, 0.6) is 0 Å². The van der Waals surface area contributed by atoms with Crippen molar-refractivity contribution in [3.05, 3.63) is 46.8 Å². The molecule has 0 amide bonds. The van der Waals surface area contributed by atoms with E-state index in [0.29, 0.717) is 6.54 Å². The Kier molecular flexibility index (Phi) is 4.87. The average Bonchev–Trinajstić information content (AvgIpc) is 2.42. The molecule has 0 aliphatic carbocycles. The second-order valence-electron chi connectivity index (χ2n) is 4.27. The molecule has 0 bridgehead atoms. The van der Waals surface area contributed by atoms with Gasteiger partial charge in [0.1, 0.15) is 6.33 Å². The van der Waals surface area contributed by atoms with Crippen molar-refractivity contribution < 1.29 is 0 Å². The van der Waals surface area contributed by atoms with Gasteiger partial charge >= 0.3 is 0 Å². The maximum absolute atomic E-state index is 5.64. The smallest absolute Gasteiger partial charge is 0.150 e. The van der Waals surface area contributed by atoms with Crippen LogP contribution in [0.2, 0.25) is 0 Å². The van der Waals surface area contributed by atoms with Gasteiger partial charge in [0.15, 0.2) is 5.82 Å². The molecule has 0 fully saturated rings. The molecule has 4 nitrogen and oxygen atoms in total. The summed E-state index contributed by atoms with van der Waals surface area (Å²) in [6, 6.07) is 8.27. The van der Waals surface area contributed by atoms with E-state index in [-0.39, 0.29) is 0 Å². The van der Waals surface area contributed by atoms with Crippen LogP contribution in [0, 0.1) is 6.92 Å². The molecule has 0 aliphatic rings. The van der Waals surface area contributed by atoms with E-state index < -0.39 is 0 Å². The van der Waals surface area contributed by atoms with E-state index in [0.717, 1.165) is 28.9 Å². The summed E-state index contributed by atoms with van der Waals surface area (Å²) in [5.41, 5.74) is 8.00. The molecular weight excluding hydrogens is 304 g/mol. The molecule has 0 saturated heterocycles. The summed E-state index contributed by atoms with van der Waals surface area (Å²) in [6.07, 6.45) is 4.23. The van der Waals surface area contributed by atoms with Gasteiger partial charge in [-0.3, -0.25) is 0 Å². The first-order valence-corrected chi connectivity index (χ1v) is 7.02. The number of aryl methyl sites for hydroxylation is 1. The van der Waals surface area contributed by atoms with Crippen molar-refractivity contribution in [1.29, 1.82) is 0 Å². The number of aromatic nitrogens is 2. The summed E-state index contributed by atoms with van der Waals surface area (Å²) in [5.74, 6) is 0.873. The van der Waals surface area contributed by atoms with E-state index in [1.54, 1.807) is 12.5 Å². The molecular formula is C14H17BrN4. The molecule has 2 aromatic rings. The van der Waals surface area contributed by atoms with E-state index in [9.17, 15) is 0 Å². The van der Waals surface area contributed by atoms with Gasteiger partial charge in [-0.15, -0.1) is 0 Å². The van der Waals surface area contributed by atoms with Crippen molar-refractivity contribution in [1.82, 2.24) is 9.97 Å². The number of hydrogen-bond acceptors (Lipinski definition) is 4. The molecule has 0 saturated carbocycles. The van der Waals surface area contributed by atoms with Crippen molar-refractivity contribution in [3.63, 3.8) is 0 Å². The lowest BCUT2D eigenvalue weighted by Gasteiger charge is -2.26. The van der Waals surface area contributed by atoms with Crippen molar-refractivity contribution in [2.75, 3.05) is 18.0 Å². The molecule has 0 atom stereocenters. The minimum absolute atomic E-state index is 0.658. The Bertz CT molecular complexity index is 499. The molecule has 0 radical (unpaired) electrons. The van der Waals surface area contributed by atoms with E-state index in [4.69, 9.17) is 5.73 Å². The average molecular weight is 321 g/mol. The highest BCUT2D eigenvalue weighted by Crippen LogP contribution is 2.31. The van der Waals surface area contributed by atoms with E-state index >= 15 is 0 Å². The SMILES string of the molecule is Cc1ccccc1N(CCCN)c1ncncc1Br. The molecule has 5 heteroatoms. The summed E-state index contributed by atoms with van der Waals surface area (Å²) in [5, 5.41) is 0. The first-order valence-electron chi connectivity index (χ1n) is 6.22. The minimum Gasteiger partial charge on any atom is -0.330 e. The number of para-hydroxylation sites is 1. The van der Waals surface area contributed by atoms with Gasteiger partial charge in [0, 0.05) is 18.4 Å². The molecule has 1 aromatic carbocycles. The maximum atomic E-state index is 5.64. The maximum Gasteiger partial charge on any atom is 0.150 e. The van der Waals surface area contributed by atoms with Gasteiger partial charge in [0.05, 0.1) is 4.47 Å². The normalized spacial score (nSPS) is 10.5. The number of halogens is 1. The fourth-order valence-electron chi connectivity index (χ4n) is 1.96. The van der Waals surface area contributed by atoms with Gasteiger partial charge < -0.3 is 10.6 Å². The van der Waals surface area contributed by atoms with Gasteiger partial charge in [-0.2, -0.15) is 0 Å². The van der Waals surface area contributed by atoms with Gasteiger partial charge in [-0.05, 0) is 47.4 Å². The van der Waals surface area contributed by atoms with Crippen LogP contribution in [-0.4, -0.2) is 23.1 Å². The fraction of sp³-hybridized carbons (Fsp3) is 0.286. The highest BCUT2D eigenvalue weighted by atomic mass is 79.9. The molecule has 0 aliphatic heterocycles. The molecule has 0 spiro atoms. The molecule has 0 unspecified atom stereocenters. The summed E-state index contributed by atoms with van der Waals surface area (Å²) in [6.45, 7) is 3.59. The Morgan fingerprint density at radius 1 is 1.32 bits per heavy atom. The zero-order valence-electron chi connectivity index (χ0n) is 10.9. The number of nitrogens with zero attached hydrogens (tertiary/aromatic N) is 3. The number of nitrogens with two attached hydrogens (primary N) is 1. The second-order valence-corrected chi connectivity index (χ2v) is 5.13. The lowest BCUT2D eigenvalue weighted by atomic mass is 10.1. The minimum atomic E-state index is 0.658.